The van der Waals surface area contributed by atoms with E-state index in [2.05, 4.69) is 32.2 Å². The number of hydrogen-bond acceptors (Lipinski definition) is 2. The fourth-order valence-electron chi connectivity index (χ4n) is 1.81. The number of benzene rings is 1. The van der Waals surface area contributed by atoms with Gasteiger partial charge in [-0.25, -0.2) is 0 Å². The van der Waals surface area contributed by atoms with Gasteiger partial charge in [0.2, 0.25) is 0 Å². The summed E-state index contributed by atoms with van der Waals surface area (Å²) in [6, 6.07) is 8.45. The third-order valence-electron chi connectivity index (χ3n) is 2.69. The van der Waals surface area contributed by atoms with E-state index in [4.69, 9.17) is 0 Å². The van der Waals surface area contributed by atoms with Crippen LogP contribution in [0.4, 0.5) is 0 Å². The SMILES string of the molecule is CCCc1cccc(C(=O)CCNC(C)C)c1. The first-order valence-electron chi connectivity index (χ1n) is 6.49. The zero-order valence-electron chi connectivity index (χ0n) is 11.1. The molecule has 0 aromatic heterocycles. The van der Waals surface area contributed by atoms with Crippen molar-refractivity contribution < 1.29 is 4.79 Å². The van der Waals surface area contributed by atoms with Gasteiger partial charge in [-0.05, 0) is 18.1 Å². The van der Waals surface area contributed by atoms with Gasteiger partial charge in [0.1, 0.15) is 0 Å². The van der Waals surface area contributed by atoms with Crippen LogP contribution < -0.4 is 5.32 Å². The molecule has 0 heterocycles. The van der Waals surface area contributed by atoms with Crippen LogP contribution in [0.2, 0.25) is 0 Å². The van der Waals surface area contributed by atoms with Gasteiger partial charge in [-0.15, -0.1) is 0 Å². The van der Waals surface area contributed by atoms with Crippen LogP contribution >= 0.6 is 0 Å². The molecule has 0 atom stereocenters. The lowest BCUT2D eigenvalue weighted by atomic mass is 10.0. The Labute approximate surface area is 104 Å². The molecular formula is C15H23NO. The van der Waals surface area contributed by atoms with Crippen LogP contribution in [0.3, 0.4) is 0 Å². The highest BCUT2D eigenvalue weighted by Crippen LogP contribution is 2.09. The Bertz CT molecular complexity index is 358. The number of carbonyl (C=O) groups is 1. The van der Waals surface area contributed by atoms with Gasteiger partial charge in [-0.3, -0.25) is 4.79 Å². The van der Waals surface area contributed by atoms with Crippen molar-refractivity contribution in [1.82, 2.24) is 5.32 Å². The second kappa shape index (κ2) is 7.23. The van der Waals surface area contributed by atoms with Crippen molar-refractivity contribution in [2.24, 2.45) is 0 Å². The molecule has 0 spiro atoms. The van der Waals surface area contributed by atoms with Crippen molar-refractivity contribution in [2.75, 3.05) is 6.54 Å². The Morgan fingerprint density at radius 3 is 2.76 bits per heavy atom. The Balaban J connectivity index is 2.53. The molecule has 0 fully saturated rings. The standard InChI is InChI=1S/C15H23NO/c1-4-6-13-7-5-8-14(11-13)15(17)9-10-16-12(2)3/h5,7-8,11-12,16H,4,6,9-10H2,1-3H3. The second-order valence-electron chi connectivity index (χ2n) is 4.73. The van der Waals surface area contributed by atoms with E-state index in [1.165, 1.54) is 5.56 Å². The maximum Gasteiger partial charge on any atom is 0.164 e. The normalized spacial score (nSPS) is 10.8. The molecule has 0 saturated heterocycles. The average Bonchev–Trinajstić information content (AvgIpc) is 2.29. The third kappa shape index (κ3) is 5.14. The summed E-state index contributed by atoms with van der Waals surface area (Å²) in [6.07, 6.45) is 2.74. The molecule has 17 heavy (non-hydrogen) atoms. The zero-order chi connectivity index (χ0) is 12.7. The second-order valence-corrected chi connectivity index (χ2v) is 4.73. The molecule has 0 saturated carbocycles. The molecular weight excluding hydrogens is 210 g/mol. The van der Waals surface area contributed by atoms with E-state index < -0.39 is 0 Å². The smallest absolute Gasteiger partial charge is 0.164 e. The summed E-state index contributed by atoms with van der Waals surface area (Å²) in [5, 5.41) is 3.27. The molecule has 0 amide bonds. The molecule has 0 aliphatic heterocycles. The molecule has 94 valence electrons. The summed E-state index contributed by atoms with van der Waals surface area (Å²) in [4.78, 5) is 11.9. The van der Waals surface area contributed by atoms with Gasteiger partial charge in [0.05, 0.1) is 0 Å². The number of carbonyl (C=O) groups excluding carboxylic acids is 1. The topological polar surface area (TPSA) is 29.1 Å². The first-order valence-corrected chi connectivity index (χ1v) is 6.49. The fraction of sp³-hybridized carbons (Fsp3) is 0.533. The number of ketones is 1. The molecule has 2 nitrogen and oxygen atoms in total. The van der Waals surface area contributed by atoms with Crippen LogP contribution in [0, 0.1) is 0 Å². The van der Waals surface area contributed by atoms with Crippen molar-refractivity contribution in [2.45, 2.75) is 46.1 Å². The predicted molar refractivity (Wildman–Crippen MR) is 72.5 cm³/mol. The van der Waals surface area contributed by atoms with Gasteiger partial charge in [0.15, 0.2) is 5.78 Å². The van der Waals surface area contributed by atoms with Crippen LogP contribution in [0.25, 0.3) is 0 Å². The van der Waals surface area contributed by atoms with Gasteiger partial charge >= 0.3 is 0 Å². The van der Waals surface area contributed by atoms with Crippen molar-refractivity contribution in [3.63, 3.8) is 0 Å². The average molecular weight is 233 g/mol. The lowest BCUT2D eigenvalue weighted by Crippen LogP contribution is -2.25. The van der Waals surface area contributed by atoms with E-state index in [0.29, 0.717) is 12.5 Å². The van der Waals surface area contributed by atoms with E-state index >= 15 is 0 Å². The van der Waals surface area contributed by atoms with Crippen LogP contribution in [0.1, 0.15) is 49.5 Å². The summed E-state index contributed by atoms with van der Waals surface area (Å²) in [5.41, 5.74) is 2.11. The fourth-order valence-corrected chi connectivity index (χ4v) is 1.81. The molecule has 0 bridgehead atoms. The zero-order valence-corrected chi connectivity index (χ0v) is 11.1. The van der Waals surface area contributed by atoms with Gasteiger partial charge in [0, 0.05) is 24.6 Å². The van der Waals surface area contributed by atoms with E-state index in [-0.39, 0.29) is 5.78 Å². The minimum Gasteiger partial charge on any atom is -0.314 e. The minimum atomic E-state index is 0.233. The molecule has 0 radical (unpaired) electrons. The molecule has 0 unspecified atom stereocenters. The number of rotatable bonds is 7. The minimum absolute atomic E-state index is 0.233. The maximum absolute atomic E-state index is 11.9. The van der Waals surface area contributed by atoms with Crippen LogP contribution in [-0.4, -0.2) is 18.4 Å². The number of hydrogen-bond donors (Lipinski definition) is 1. The van der Waals surface area contributed by atoms with Crippen molar-refractivity contribution in [1.29, 1.82) is 0 Å². The summed E-state index contributed by atoms with van der Waals surface area (Å²) in [7, 11) is 0. The summed E-state index contributed by atoms with van der Waals surface area (Å²) < 4.78 is 0. The highest BCUT2D eigenvalue weighted by atomic mass is 16.1. The quantitative estimate of drug-likeness (QED) is 0.733. The molecule has 1 aromatic carbocycles. The maximum atomic E-state index is 11.9. The number of aryl methyl sites for hydroxylation is 1. The first kappa shape index (κ1) is 13.9. The van der Waals surface area contributed by atoms with Crippen molar-refractivity contribution in [3.8, 4) is 0 Å². The van der Waals surface area contributed by atoms with Gasteiger partial charge in [-0.1, -0.05) is 45.4 Å². The highest BCUT2D eigenvalue weighted by Gasteiger charge is 2.06. The molecule has 0 aliphatic carbocycles. The first-order chi connectivity index (χ1) is 8.13. The largest absolute Gasteiger partial charge is 0.314 e. The van der Waals surface area contributed by atoms with Gasteiger partial charge in [-0.2, -0.15) is 0 Å². The lowest BCUT2D eigenvalue weighted by Gasteiger charge is -2.07. The van der Waals surface area contributed by atoms with E-state index in [1.54, 1.807) is 0 Å². The molecule has 1 rings (SSSR count). The van der Waals surface area contributed by atoms with Gasteiger partial charge < -0.3 is 5.32 Å². The Kier molecular flexibility index (Phi) is 5.92. The lowest BCUT2D eigenvalue weighted by molar-refractivity contribution is 0.0982. The summed E-state index contributed by atoms with van der Waals surface area (Å²) in [6.45, 7) is 7.09. The Morgan fingerprint density at radius 2 is 2.12 bits per heavy atom. The number of nitrogens with one attached hydrogen (secondary N) is 1. The monoisotopic (exact) mass is 233 g/mol. The van der Waals surface area contributed by atoms with E-state index in [1.807, 2.05) is 18.2 Å². The predicted octanol–water partition coefficient (Wildman–Crippen LogP) is 3.21. The Morgan fingerprint density at radius 1 is 1.35 bits per heavy atom. The van der Waals surface area contributed by atoms with Crippen LogP contribution in [-0.2, 0) is 6.42 Å². The molecule has 0 aliphatic rings. The third-order valence-corrected chi connectivity index (χ3v) is 2.69. The van der Waals surface area contributed by atoms with Crippen molar-refractivity contribution >= 4 is 5.78 Å². The molecule has 1 N–H and O–H groups in total. The highest BCUT2D eigenvalue weighted by molar-refractivity contribution is 5.96. The van der Waals surface area contributed by atoms with Crippen LogP contribution in [0.15, 0.2) is 24.3 Å². The molecule has 2 heteroatoms. The summed E-state index contributed by atoms with van der Waals surface area (Å²) in [5.74, 6) is 0.233. The van der Waals surface area contributed by atoms with E-state index in [0.717, 1.165) is 24.9 Å². The Hall–Kier alpha value is -1.15. The molecule has 1 aromatic rings. The van der Waals surface area contributed by atoms with Crippen LogP contribution in [0.5, 0.6) is 0 Å². The van der Waals surface area contributed by atoms with Crippen molar-refractivity contribution in [3.05, 3.63) is 35.4 Å². The van der Waals surface area contributed by atoms with Gasteiger partial charge in [0.25, 0.3) is 0 Å². The van der Waals surface area contributed by atoms with E-state index in [9.17, 15) is 4.79 Å². The number of Topliss-reactive ketones (excluding diaryl/α,β-unsaturated/α-hetero) is 1. The summed E-state index contributed by atoms with van der Waals surface area (Å²) >= 11 is 0.